The topological polar surface area (TPSA) is 58.0 Å². The minimum absolute atomic E-state index is 0. The number of hydrogen-bond acceptors (Lipinski definition) is 2. The first kappa shape index (κ1) is 23.1. The van der Waals surface area contributed by atoms with Crippen LogP contribution in [-0.4, -0.2) is 16.7 Å². The second kappa shape index (κ2) is 9.26. The highest BCUT2D eigenvalue weighted by Gasteiger charge is 2.29. The van der Waals surface area contributed by atoms with Crippen LogP contribution in [0.25, 0.3) is 21.8 Å². The molecule has 0 saturated heterocycles. The number of carbonyl (C=O) groups is 1. The van der Waals surface area contributed by atoms with Crippen LogP contribution < -0.4 is 33.9 Å². The predicted octanol–water partition coefficient (Wildman–Crippen LogP) is 1.96. The van der Waals surface area contributed by atoms with Crippen molar-refractivity contribution in [3.63, 3.8) is 0 Å². The second-order valence-corrected chi connectivity index (χ2v) is 8.66. The number of alkyl carbamates (subject to hydrolysis) is 1. The number of amides is 1. The molecule has 1 unspecified atom stereocenters. The number of para-hydroxylation sites is 1. The Bertz CT molecular complexity index is 1200. The maximum Gasteiger partial charge on any atom is 0.408 e. The molecule has 1 atom stereocenters. The Morgan fingerprint density at radius 1 is 1.03 bits per heavy atom. The van der Waals surface area contributed by atoms with Crippen molar-refractivity contribution in [2.75, 3.05) is 0 Å². The maximum absolute atomic E-state index is 12.7. The van der Waals surface area contributed by atoms with Crippen LogP contribution in [0.5, 0.6) is 0 Å². The molecule has 5 nitrogen and oxygen atoms in total. The minimum atomic E-state index is -0.559. The SMILES string of the molecule is C[n+]1ccc2c([nH]c3ccccc32)c1C(Cc1ccccc1)NC(=O)OC(C)(C)C.[I-]. The molecule has 0 saturated carbocycles. The van der Waals surface area contributed by atoms with Gasteiger partial charge >= 0.3 is 6.09 Å². The fraction of sp³-hybridized carbons (Fsp3) is 0.280. The third-order valence-corrected chi connectivity index (χ3v) is 5.15. The fourth-order valence-electron chi connectivity index (χ4n) is 3.92. The van der Waals surface area contributed by atoms with Gasteiger partial charge in [-0.1, -0.05) is 48.5 Å². The molecule has 0 aliphatic heterocycles. The highest BCUT2D eigenvalue weighted by atomic mass is 127. The third-order valence-electron chi connectivity index (χ3n) is 5.15. The lowest BCUT2D eigenvalue weighted by Crippen LogP contribution is -3.00. The number of rotatable bonds is 4. The number of pyridine rings is 1. The quantitative estimate of drug-likeness (QED) is 0.314. The summed E-state index contributed by atoms with van der Waals surface area (Å²) < 4.78 is 7.64. The predicted molar refractivity (Wildman–Crippen MR) is 119 cm³/mol. The van der Waals surface area contributed by atoms with Crippen LogP contribution in [0.3, 0.4) is 0 Å². The van der Waals surface area contributed by atoms with E-state index in [2.05, 4.69) is 45.2 Å². The summed E-state index contributed by atoms with van der Waals surface area (Å²) in [5, 5.41) is 5.43. The molecule has 162 valence electrons. The molecule has 0 spiro atoms. The van der Waals surface area contributed by atoms with Crippen LogP contribution >= 0.6 is 0 Å². The smallest absolute Gasteiger partial charge is 0.408 e. The van der Waals surface area contributed by atoms with Gasteiger partial charge in [0.2, 0.25) is 5.69 Å². The number of benzene rings is 2. The molecule has 0 aliphatic rings. The zero-order chi connectivity index (χ0) is 21.3. The molecular formula is C25H28IN3O2. The van der Waals surface area contributed by atoms with E-state index in [0.717, 1.165) is 27.7 Å². The van der Waals surface area contributed by atoms with E-state index in [0.29, 0.717) is 6.42 Å². The Hall–Kier alpha value is -2.61. The first-order valence-electron chi connectivity index (χ1n) is 10.2. The summed E-state index contributed by atoms with van der Waals surface area (Å²) in [6.45, 7) is 5.62. The number of aromatic amines is 1. The van der Waals surface area contributed by atoms with Gasteiger partial charge < -0.3 is 39.0 Å². The van der Waals surface area contributed by atoms with Crippen molar-refractivity contribution in [1.82, 2.24) is 10.3 Å². The van der Waals surface area contributed by atoms with E-state index in [1.165, 1.54) is 5.39 Å². The van der Waals surface area contributed by atoms with E-state index in [1.54, 1.807) is 0 Å². The molecule has 2 heterocycles. The van der Waals surface area contributed by atoms with Gasteiger partial charge in [0.15, 0.2) is 6.20 Å². The monoisotopic (exact) mass is 529 g/mol. The highest BCUT2D eigenvalue weighted by Crippen LogP contribution is 2.29. The number of hydrogen-bond donors (Lipinski definition) is 2. The fourth-order valence-corrected chi connectivity index (χ4v) is 3.92. The molecule has 2 N–H and O–H groups in total. The number of aryl methyl sites for hydroxylation is 1. The van der Waals surface area contributed by atoms with Gasteiger partial charge in [-0.3, -0.25) is 0 Å². The maximum atomic E-state index is 12.7. The van der Waals surface area contributed by atoms with Crippen molar-refractivity contribution in [3.05, 3.63) is 78.1 Å². The van der Waals surface area contributed by atoms with E-state index in [9.17, 15) is 4.79 Å². The van der Waals surface area contributed by atoms with Crippen LogP contribution in [0.15, 0.2) is 66.9 Å². The summed E-state index contributed by atoms with van der Waals surface area (Å²) in [6.07, 6.45) is 2.28. The lowest BCUT2D eigenvalue weighted by Gasteiger charge is -2.23. The Morgan fingerprint density at radius 3 is 2.42 bits per heavy atom. The van der Waals surface area contributed by atoms with Gasteiger partial charge in [-0.2, -0.15) is 0 Å². The summed E-state index contributed by atoms with van der Waals surface area (Å²) in [7, 11) is 2.01. The van der Waals surface area contributed by atoms with Gasteiger partial charge in [-0.05, 0) is 32.4 Å². The molecule has 0 bridgehead atoms. The van der Waals surface area contributed by atoms with Gasteiger partial charge in [-0.25, -0.2) is 9.36 Å². The number of fused-ring (bicyclic) bond motifs is 3. The lowest BCUT2D eigenvalue weighted by molar-refractivity contribution is -0.679. The van der Waals surface area contributed by atoms with Crippen LogP contribution in [0.1, 0.15) is 38.1 Å². The van der Waals surface area contributed by atoms with Gasteiger partial charge in [0, 0.05) is 28.8 Å². The summed E-state index contributed by atoms with van der Waals surface area (Å²) in [5.41, 5.74) is 3.70. The van der Waals surface area contributed by atoms with Gasteiger partial charge in [0.25, 0.3) is 0 Å². The van der Waals surface area contributed by atoms with Crippen molar-refractivity contribution < 1.29 is 38.1 Å². The van der Waals surface area contributed by atoms with Gasteiger partial charge in [-0.15, -0.1) is 0 Å². The Morgan fingerprint density at radius 2 is 1.71 bits per heavy atom. The summed E-state index contributed by atoms with van der Waals surface area (Å²) in [4.78, 5) is 16.3. The number of carbonyl (C=O) groups excluding carboxylic acids is 1. The number of halogens is 1. The molecule has 0 radical (unpaired) electrons. The largest absolute Gasteiger partial charge is 1.00 e. The van der Waals surface area contributed by atoms with Crippen LogP contribution in [0.2, 0.25) is 0 Å². The lowest BCUT2D eigenvalue weighted by atomic mass is 10.0. The molecule has 6 heteroatoms. The van der Waals surface area contributed by atoms with E-state index in [4.69, 9.17) is 4.74 Å². The molecule has 1 amide bonds. The Balaban J connectivity index is 0.00000272. The zero-order valence-corrected chi connectivity index (χ0v) is 20.4. The normalized spacial score (nSPS) is 12.4. The Labute approximate surface area is 199 Å². The van der Waals surface area contributed by atoms with Crippen LogP contribution in [0, 0.1) is 0 Å². The van der Waals surface area contributed by atoms with E-state index >= 15 is 0 Å². The first-order chi connectivity index (χ1) is 14.3. The van der Waals surface area contributed by atoms with E-state index in [-0.39, 0.29) is 30.0 Å². The summed E-state index contributed by atoms with van der Waals surface area (Å²) >= 11 is 0. The van der Waals surface area contributed by atoms with Crippen LogP contribution in [0.4, 0.5) is 4.79 Å². The van der Waals surface area contributed by atoms with Crippen LogP contribution in [-0.2, 0) is 18.2 Å². The van der Waals surface area contributed by atoms with Crippen molar-refractivity contribution in [1.29, 1.82) is 0 Å². The standard InChI is InChI=1S/C25H27N3O2.HI/c1-25(2,3)30-24(29)27-21(16-17-10-6-5-7-11-17)23-22-19(14-15-28(23)4)18-12-8-9-13-20(18)26-22;/h5-15,21H,16H2,1-4H3,(H,27,29);1H. The highest BCUT2D eigenvalue weighted by molar-refractivity contribution is 6.07. The van der Waals surface area contributed by atoms with Crippen molar-refractivity contribution in [2.45, 2.75) is 38.8 Å². The minimum Gasteiger partial charge on any atom is -1.00 e. The molecule has 4 rings (SSSR count). The van der Waals surface area contributed by atoms with Gasteiger partial charge in [0.05, 0.1) is 0 Å². The summed E-state index contributed by atoms with van der Waals surface area (Å²) in [5.74, 6) is 0. The Kier molecular flexibility index (Phi) is 6.89. The molecule has 2 aromatic carbocycles. The average molecular weight is 529 g/mol. The second-order valence-electron chi connectivity index (χ2n) is 8.66. The molecule has 0 aliphatic carbocycles. The summed E-state index contributed by atoms with van der Waals surface area (Å²) in [6, 6.07) is 20.3. The van der Waals surface area contributed by atoms with Gasteiger partial charge in [0.1, 0.15) is 24.2 Å². The number of aromatic nitrogens is 2. The number of H-pyrrole nitrogens is 1. The third kappa shape index (κ3) is 5.18. The molecule has 2 aromatic heterocycles. The first-order valence-corrected chi connectivity index (χ1v) is 10.2. The van der Waals surface area contributed by atoms with Crippen molar-refractivity contribution in [2.24, 2.45) is 7.05 Å². The zero-order valence-electron chi connectivity index (χ0n) is 18.3. The molecule has 0 fully saturated rings. The molecule has 4 aromatic rings. The average Bonchev–Trinajstić information content (AvgIpc) is 3.05. The van der Waals surface area contributed by atoms with Crippen molar-refractivity contribution in [3.8, 4) is 0 Å². The van der Waals surface area contributed by atoms with E-state index in [1.807, 2.05) is 64.3 Å². The number of ether oxygens (including phenoxy) is 1. The molecule has 31 heavy (non-hydrogen) atoms. The van der Waals surface area contributed by atoms with Crippen molar-refractivity contribution >= 4 is 27.9 Å². The van der Waals surface area contributed by atoms with E-state index < -0.39 is 11.7 Å². The number of nitrogens with zero attached hydrogens (tertiary/aromatic N) is 1. The molecular weight excluding hydrogens is 501 g/mol. The number of nitrogens with one attached hydrogen (secondary N) is 2.